The largest absolute Gasteiger partial charge is 0.379 e. The Morgan fingerprint density at radius 3 is 3.00 bits per heavy atom. The molecule has 0 aliphatic carbocycles. The van der Waals surface area contributed by atoms with E-state index in [-0.39, 0.29) is 5.60 Å². The van der Waals surface area contributed by atoms with Crippen molar-refractivity contribution in [1.29, 1.82) is 0 Å². The Morgan fingerprint density at radius 2 is 2.32 bits per heavy atom. The van der Waals surface area contributed by atoms with Gasteiger partial charge in [-0.3, -0.25) is 4.98 Å². The molecular weight excluding hydrogens is 238 g/mol. The summed E-state index contributed by atoms with van der Waals surface area (Å²) in [5, 5.41) is 3.64. The van der Waals surface area contributed by atoms with Gasteiger partial charge in [0.2, 0.25) is 0 Å². The number of pyridine rings is 1. The Labute approximate surface area is 116 Å². The van der Waals surface area contributed by atoms with Crippen LogP contribution in [0.5, 0.6) is 0 Å². The number of ether oxygens (including phenoxy) is 1. The molecule has 19 heavy (non-hydrogen) atoms. The number of nitrogens with zero attached hydrogens (tertiary/aromatic N) is 2. The van der Waals surface area contributed by atoms with Gasteiger partial charge in [0.15, 0.2) is 0 Å². The van der Waals surface area contributed by atoms with Crippen molar-refractivity contribution in [3.05, 3.63) is 18.5 Å². The summed E-state index contributed by atoms with van der Waals surface area (Å²) >= 11 is 0. The van der Waals surface area contributed by atoms with E-state index < -0.39 is 0 Å². The van der Waals surface area contributed by atoms with E-state index in [1.54, 1.807) is 0 Å². The predicted molar refractivity (Wildman–Crippen MR) is 79.9 cm³/mol. The third kappa shape index (κ3) is 3.38. The summed E-state index contributed by atoms with van der Waals surface area (Å²) in [6.07, 6.45) is 6.90. The highest BCUT2D eigenvalue weighted by atomic mass is 16.5. The van der Waals surface area contributed by atoms with Crippen molar-refractivity contribution in [3.8, 4) is 0 Å². The molecule has 1 aliphatic rings. The van der Waals surface area contributed by atoms with E-state index in [1.807, 2.05) is 18.5 Å². The fourth-order valence-corrected chi connectivity index (χ4v) is 2.61. The van der Waals surface area contributed by atoms with Gasteiger partial charge < -0.3 is 15.0 Å². The van der Waals surface area contributed by atoms with Crippen molar-refractivity contribution in [2.45, 2.75) is 44.8 Å². The van der Waals surface area contributed by atoms with Gasteiger partial charge in [-0.2, -0.15) is 0 Å². The number of anilines is 2. The second kappa shape index (κ2) is 5.78. The summed E-state index contributed by atoms with van der Waals surface area (Å²) in [5.41, 5.74) is 2.30. The van der Waals surface area contributed by atoms with Crippen LogP contribution in [-0.2, 0) is 4.74 Å². The lowest BCUT2D eigenvalue weighted by molar-refractivity contribution is -0.0708. The summed E-state index contributed by atoms with van der Waals surface area (Å²) < 4.78 is 5.89. The lowest BCUT2D eigenvalue weighted by Gasteiger charge is -2.38. The normalized spacial score (nSPS) is 27.1. The van der Waals surface area contributed by atoms with E-state index in [1.165, 1.54) is 5.69 Å². The first-order chi connectivity index (χ1) is 9.04. The van der Waals surface area contributed by atoms with E-state index in [9.17, 15) is 0 Å². The SMILES string of the molecule is CCC1(C)CC(Nc2cnccc2N(C)C)CCO1. The zero-order chi connectivity index (χ0) is 13.9. The number of nitrogens with one attached hydrogen (secondary N) is 1. The van der Waals surface area contributed by atoms with Crippen molar-refractivity contribution in [2.75, 3.05) is 30.9 Å². The first kappa shape index (κ1) is 14.1. The second-order valence-electron chi connectivity index (χ2n) is 5.77. The van der Waals surface area contributed by atoms with Crippen LogP contribution in [0.3, 0.4) is 0 Å². The third-order valence-electron chi connectivity index (χ3n) is 3.98. The molecule has 2 unspecified atom stereocenters. The number of aromatic nitrogens is 1. The minimum Gasteiger partial charge on any atom is -0.379 e. The van der Waals surface area contributed by atoms with Gasteiger partial charge in [-0.15, -0.1) is 0 Å². The Morgan fingerprint density at radius 1 is 1.53 bits per heavy atom. The molecule has 2 atom stereocenters. The standard InChI is InChI=1S/C15H25N3O/c1-5-15(2)10-12(7-9-19-15)17-13-11-16-8-6-14(13)18(3)4/h6,8,11-12,17H,5,7,9-10H2,1-4H3. The van der Waals surface area contributed by atoms with E-state index in [0.29, 0.717) is 6.04 Å². The molecule has 0 saturated carbocycles. The smallest absolute Gasteiger partial charge is 0.0766 e. The first-order valence-electron chi connectivity index (χ1n) is 7.06. The predicted octanol–water partition coefficient (Wildman–Crippen LogP) is 2.91. The molecule has 1 N–H and O–H groups in total. The van der Waals surface area contributed by atoms with E-state index in [4.69, 9.17) is 4.74 Å². The van der Waals surface area contributed by atoms with Crippen LogP contribution in [0.25, 0.3) is 0 Å². The van der Waals surface area contributed by atoms with Crippen molar-refractivity contribution >= 4 is 11.4 Å². The molecule has 1 fully saturated rings. The molecule has 0 spiro atoms. The Kier molecular flexibility index (Phi) is 4.30. The highest BCUT2D eigenvalue weighted by Crippen LogP contribution is 2.31. The van der Waals surface area contributed by atoms with Crippen LogP contribution in [0.15, 0.2) is 18.5 Å². The molecular formula is C15H25N3O. The minimum atomic E-state index is 0.0103. The molecule has 4 heteroatoms. The van der Waals surface area contributed by atoms with Gasteiger partial charge in [-0.05, 0) is 32.3 Å². The lowest BCUT2D eigenvalue weighted by Crippen LogP contribution is -2.42. The molecule has 0 amide bonds. The quantitative estimate of drug-likeness (QED) is 0.906. The summed E-state index contributed by atoms with van der Waals surface area (Å²) in [6, 6.07) is 2.50. The van der Waals surface area contributed by atoms with Gasteiger partial charge >= 0.3 is 0 Å². The van der Waals surface area contributed by atoms with Crippen molar-refractivity contribution in [3.63, 3.8) is 0 Å². The molecule has 0 radical (unpaired) electrons. The topological polar surface area (TPSA) is 37.4 Å². The fourth-order valence-electron chi connectivity index (χ4n) is 2.61. The number of hydrogen-bond donors (Lipinski definition) is 1. The fraction of sp³-hybridized carbons (Fsp3) is 0.667. The monoisotopic (exact) mass is 263 g/mol. The van der Waals surface area contributed by atoms with Crippen molar-refractivity contribution in [1.82, 2.24) is 4.98 Å². The number of hydrogen-bond acceptors (Lipinski definition) is 4. The average molecular weight is 263 g/mol. The molecule has 1 aliphatic heterocycles. The molecule has 1 aromatic rings. The van der Waals surface area contributed by atoms with Crippen LogP contribution in [0, 0.1) is 0 Å². The number of rotatable bonds is 4. The zero-order valence-corrected chi connectivity index (χ0v) is 12.4. The van der Waals surface area contributed by atoms with Gasteiger partial charge in [-0.1, -0.05) is 6.92 Å². The maximum absolute atomic E-state index is 5.89. The Hall–Kier alpha value is -1.29. The van der Waals surface area contributed by atoms with Crippen LogP contribution < -0.4 is 10.2 Å². The third-order valence-corrected chi connectivity index (χ3v) is 3.98. The Balaban J connectivity index is 2.09. The molecule has 2 rings (SSSR count). The lowest BCUT2D eigenvalue weighted by atomic mass is 9.90. The summed E-state index contributed by atoms with van der Waals surface area (Å²) in [7, 11) is 4.11. The molecule has 4 nitrogen and oxygen atoms in total. The molecule has 1 aromatic heterocycles. The zero-order valence-electron chi connectivity index (χ0n) is 12.4. The van der Waals surface area contributed by atoms with Gasteiger partial charge in [0.05, 0.1) is 23.2 Å². The van der Waals surface area contributed by atoms with E-state index >= 15 is 0 Å². The molecule has 1 saturated heterocycles. The van der Waals surface area contributed by atoms with Gasteiger partial charge in [-0.25, -0.2) is 0 Å². The van der Waals surface area contributed by atoms with Crippen LogP contribution in [-0.4, -0.2) is 37.3 Å². The van der Waals surface area contributed by atoms with Crippen LogP contribution in [0.1, 0.15) is 33.1 Å². The van der Waals surface area contributed by atoms with Crippen LogP contribution in [0.4, 0.5) is 11.4 Å². The maximum atomic E-state index is 5.89. The van der Waals surface area contributed by atoms with Gasteiger partial charge in [0.1, 0.15) is 0 Å². The molecule has 2 heterocycles. The van der Waals surface area contributed by atoms with Gasteiger partial charge in [0.25, 0.3) is 0 Å². The minimum absolute atomic E-state index is 0.0103. The maximum Gasteiger partial charge on any atom is 0.0766 e. The summed E-state index contributed by atoms with van der Waals surface area (Å²) in [4.78, 5) is 6.34. The average Bonchev–Trinajstić information content (AvgIpc) is 2.39. The van der Waals surface area contributed by atoms with Crippen molar-refractivity contribution in [2.24, 2.45) is 0 Å². The molecule has 106 valence electrons. The first-order valence-corrected chi connectivity index (χ1v) is 7.06. The highest BCUT2D eigenvalue weighted by Gasteiger charge is 2.31. The van der Waals surface area contributed by atoms with E-state index in [0.717, 1.165) is 31.6 Å². The molecule has 0 bridgehead atoms. The van der Waals surface area contributed by atoms with E-state index in [2.05, 4.69) is 43.1 Å². The summed E-state index contributed by atoms with van der Waals surface area (Å²) in [6.45, 7) is 5.23. The van der Waals surface area contributed by atoms with Crippen molar-refractivity contribution < 1.29 is 4.74 Å². The highest BCUT2D eigenvalue weighted by molar-refractivity contribution is 5.68. The van der Waals surface area contributed by atoms with Crippen LogP contribution in [0.2, 0.25) is 0 Å². The molecule has 0 aromatic carbocycles. The van der Waals surface area contributed by atoms with Crippen LogP contribution >= 0.6 is 0 Å². The Bertz CT molecular complexity index is 422. The van der Waals surface area contributed by atoms with Gasteiger partial charge in [0, 0.05) is 32.9 Å². The second-order valence-corrected chi connectivity index (χ2v) is 5.77. The summed E-state index contributed by atoms with van der Waals surface area (Å²) in [5.74, 6) is 0.